The van der Waals surface area contributed by atoms with Crippen LogP contribution in [0.1, 0.15) is 17.4 Å². The SMILES string of the molecule is CCn1ncc(N)c1C(=O)NCC(=O)N(C)C. The summed E-state index contributed by atoms with van der Waals surface area (Å²) in [5.41, 5.74) is 6.24. The average molecular weight is 239 g/mol. The molecule has 0 aromatic carbocycles. The second-order valence-electron chi connectivity index (χ2n) is 3.74. The van der Waals surface area contributed by atoms with Crippen molar-refractivity contribution < 1.29 is 9.59 Å². The van der Waals surface area contributed by atoms with E-state index in [-0.39, 0.29) is 12.5 Å². The van der Waals surface area contributed by atoms with E-state index >= 15 is 0 Å². The minimum absolute atomic E-state index is 0.0554. The number of aromatic nitrogens is 2. The van der Waals surface area contributed by atoms with E-state index in [1.165, 1.54) is 15.8 Å². The molecule has 0 radical (unpaired) electrons. The van der Waals surface area contributed by atoms with Gasteiger partial charge in [0.2, 0.25) is 5.91 Å². The first-order chi connectivity index (χ1) is 7.97. The van der Waals surface area contributed by atoms with Gasteiger partial charge in [0.15, 0.2) is 0 Å². The van der Waals surface area contributed by atoms with Gasteiger partial charge < -0.3 is 16.0 Å². The fraction of sp³-hybridized carbons (Fsp3) is 0.500. The van der Waals surface area contributed by atoms with Crippen LogP contribution in [0, 0.1) is 0 Å². The zero-order valence-electron chi connectivity index (χ0n) is 10.2. The molecule has 1 heterocycles. The lowest BCUT2D eigenvalue weighted by molar-refractivity contribution is -0.127. The predicted molar refractivity (Wildman–Crippen MR) is 63.3 cm³/mol. The average Bonchev–Trinajstić information content (AvgIpc) is 2.66. The number of nitrogens with one attached hydrogen (secondary N) is 1. The van der Waals surface area contributed by atoms with E-state index in [0.29, 0.717) is 17.9 Å². The molecular weight excluding hydrogens is 222 g/mol. The molecule has 3 N–H and O–H groups in total. The molecule has 0 spiro atoms. The Bertz CT molecular complexity index is 424. The highest BCUT2D eigenvalue weighted by atomic mass is 16.2. The van der Waals surface area contributed by atoms with Crippen LogP contribution in [0.5, 0.6) is 0 Å². The molecule has 0 fully saturated rings. The number of rotatable bonds is 4. The van der Waals surface area contributed by atoms with Gasteiger partial charge in [-0.1, -0.05) is 0 Å². The van der Waals surface area contributed by atoms with E-state index in [1.807, 2.05) is 6.92 Å². The van der Waals surface area contributed by atoms with Crippen LogP contribution in [0.2, 0.25) is 0 Å². The molecular formula is C10H17N5O2. The van der Waals surface area contributed by atoms with Gasteiger partial charge in [-0.15, -0.1) is 0 Å². The number of hydrogen-bond donors (Lipinski definition) is 2. The van der Waals surface area contributed by atoms with E-state index in [0.717, 1.165) is 0 Å². The van der Waals surface area contributed by atoms with E-state index in [4.69, 9.17) is 5.73 Å². The summed E-state index contributed by atoms with van der Waals surface area (Å²) in [5.74, 6) is -0.573. The van der Waals surface area contributed by atoms with Gasteiger partial charge in [0.25, 0.3) is 5.91 Å². The highest BCUT2D eigenvalue weighted by molar-refractivity contribution is 5.99. The fourth-order valence-corrected chi connectivity index (χ4v) is 1.29. The van der Waals surface area contributed by atoms with Crippen LogP contribution in [0.3, 0.4) is 0 Å². The smallest absolute Gasteiger partial charge is 0.272 e. The number of anilines is 1. The molecule has 0 atom stereocenters. The van der Waals surface area contributed by atoms with E-state index in [1.54, 1.807) is 14.1 Å². The van der Waals surface area contributed by atoms with Crippen molar-refractivity contribution in [3.05, 3.63) is 11.9 Å². The Hall–Kier alpha value is -2.05. The number of nitrogen functional groups attached to an aromatic ring is 1. The summed E-state index contributed by atoms with van der Waals surface area (Å²) < 4.78 is 1.49. The molecule has 7 nitrogen and oxygen atoms in total. The van der Waals surface area contributed by atoms with Crippen LogP contribution in [0.15, 0.2) is 6.20 Å². The van der Waals surface area contributed by atoms with Crippen LogP contribution in [-0.2, 0) is 11.3 Å². The molecule has 2 amide bonds. The lowest BCUT2D eigenvalue weighted by Gasteiger charge is -2.11. The second-order valence-corrected chi connectivity index (χ2v) is 3.74. The van der Waals surface area contributed by atoms with Gasteiger partial charge in [0, 0.05) is 20.6 Å². The number of carbonyl (C=O) groups excluding carboxylic acids is 2. The van der Waals surface area contributed by atoms with E-state index in [2.05, 4.69) is 10.4 Å². The molecule has 0 aliphatic carbocycles. The maximum absolute atomic E-state index is 11.8. The molecule has 7 heteroatoms. The monoisotopic (exact) mass is 239 g/mol. The van der Waals surface area contributed by atoms with Crippen molar-refractivity contribution in [3.63, 3.8) is 0 Å². The normalized spacial score (nSPS) is 10.1. The number of amides is 2. The Balaban J connectivity index is 2.70. The Morgan fingerprint density at radius 1 is 1.53 bits per heavy atom. The second kappa shape index (κ2) is 5.33. The van der Waals surface area contributed by atoms with Crippen molar-refractivity contribution in [3.8, 4) is 0 Å². The van der Waals surface area contributed by atoms with Crippen LogP contribution in [0.4, 0.5) is 5.69 Å². The molecule has 0 unspecified atom stereocenters. The number of aryl methyl sites for hydroxylation is 1. The molecule has 1 rings (SSSR count). The molecule has 0 saturated carbocycles. The lowest BCUT2D eigenvalue weighted by atomic mass is 10.3. The van der Waals surface area contributed by atoms with Crippen molar-refractivity contribution in [1.29, 1.82) is 0 Å². The third kappa shape index (κ3) is 2.96. The van der Waals surface area contributed by atoms with Gasteiger partial charge in [0.05, 0.1) is 18.4 Å². The highest BCUT2D eigenvalue weighted by Gasteiger charge is 2.16. The van der Waals surface area contributed by atoms with Gasteiger partial charge in [-0.05, 0) is 6.92 Å². The van der Waals surface area contributed by atoms with Gasteiger partial charge in [-0.2, -0.15) is 5.10 Å². The molecule has 0 saturated heterocycles. The Morgan fingerprint density at radius 3 is 2.71 bits per heavy atom. The first kappa shape index (κ1) is 13.0. The van der Waals surface area contributed by atoms with Gasteiger partial charge in [-0.3, -0.25) is 14.3 Å². The van der Waals surface area contributed by atoms with Crippen molar-refractivity contribution in [2.45, 2.75) is 13.5 Å². The van der Waals surface area contributed by atoms with Gasteiger partial charge in [0.1, 0.15) is 5.69 Å². The lowest BCUT2D eigenvalue weighted by Crippen LogP contribution is -2.37. The Morgan fingerprint density at radius 2 is 2.18 bits per heavy atom. The quantitative estimate of drug-likeness (QED) is 0.726. The van der Waals surface area contributed by atoms with Crippen molar-refractivity contribution in [1.82, 2.24) is 20.0 Å². The molecule has 0 aliphatic rings. The summed E-state index contributed by atoms with van der Waals surface area (Å²) >= 11 is 0. The maximum atomic E-state index is 11.8. The standard InChI is InChI=1S/C10H17N5O2/c1-4-15-9(7(11)5-13-15)10(17)12-6-8(16)14(2)3/h5H,4,6,11H2,1-3H3,(H,12,17). The molecule has 17 heavy (non-hydrogen) atoms. The maximum Gasteiger partial charge on any atom is 0.272 e. The van der Waals surface area contributed by atoms with Crippen molar-refractivity contribution >= 4 is 17.5 Å². The Kier molecular flexibility index (Phi) is 4.08. The number of nitrogens with two attached hydrogens (primary N) is 1. The molecule has 94 valence electrons. The summed E-state index contributed by atoms with van der Waals surface area (Å²) in [6, 6.07) is 0. The summed E-state index contributed by atoms with van der Waals surface area (Å²) in [4.78, 5) is 24.5. The number of nitrogens with zero attached hydrogens (tertiary/aromatic N) is 3. The summed E-state index contributed by atoms with van der Waals surface area (Å²) in [6.07, 6.45) is 1.42. The van der Waals surface area contributed by atoms with Crippen molar-refractivity contribution in [2.24, 2.45) is 0 Å². The minimum Gasteiger partial charge on any atom is -0.396 e. The summed E-state index contributed by atoms with van der Waals surface area (Å²) in [5, 5.41) is 6.46. The third-order valence-corrected chi connectivity index (χ3v) is 2.28. The third-order valence-electron chi connectivity index (χ3n) is 2.28. The van der Waals surface area contributed by atoms with Crippen molar-refractivity contribution in [2.75, 3.05) is 26.4 Å². The molecule has 1 aromatic heterocycles. The summed E-state index contributed by atoms with van der Waals surface area (Å²) in [6.45, 7) is 2.34. The topological polar surface area (TPSA) is 93.2 Å². The van der Waals surface area contributed by atoms with Gasteiger partial charge >= 0.3 is 0 Å². The number of hydrogen-bond acceptors (Lipinski definition) is 4. The molecule has 1 aromatic rings. The van der Waals surface area contributed by atoms with Crippen LogP contribution < -0.4 is 11.1 Å². The largest absolute Gasteiger partial charge is 0.396 e. The number of carbonyl (C=O) groups is 2. The Labute approximate surface area is 99.6 Å². The van der Waals surface area contributed by atoms with E-state index < -0.39 is 5.91 Å². The van der Waals surface area contributed by atoms with Crippen LogP contribution >= 0.6 is 0 Å². The van der Waals surface area contributed by atoms with Crippen LogP contribution in [0.25, 0.3) is 0 Å². The molecule has 0 aliphatic heterocycles. The first-order valence-corrected chi connectivity index (χ1v) is 5.27. The fourth-order valence-electron chi connectivity index (χ4n) is 1.29. The van der Waals surface area contributed by atoms with Crippen LogP contribution in [-0.4, -0.2) is 47.1 Å². The first-order valence-electron chi connectivity index (χ1n) is 5.27. The zero-order valence-corrected chi connectivity index (χ0v) is 10.2. The van der Waals surface area contributed by atoms with E-state index in [9.17, 15) is 9.59 Å². The predicted octanol–water partition coefficient (Wildman–Crippen LogP) is -0.697. The summed E-state index contributed by atoms with van der Waals surface area (Å²) in [7, 11) is 3.25. The molecule has 0 bridgehead atoms. The van der Waals surface area contributed by atoms with Gasteiger partial charge in [-0.25, -0.2) is 0 Å². The highest BCUT2D eigenvalue weighted by Crippen LogP contribution is 2.09. The number of likely N-dealkylation sites (N-methyl/N-ethyl adjacent to an activating group) is 1. The minimum atomic E-state index is -0.392. The zero-order chi connectivity index (χ0) is 13.0.